The van der Waals surface area contributed by atoms with E-state index in [1.54, 1.807) is 12.1 Å². The molecule has 0 bridgehead atoms. The van der Waals surface area contributed by atoms with Crippen LogP contribution in [0.3, 0.4) is 0 Å². The molecule has 5 nitrogen and oxygen atoms in total. The number of halogens is 1. The number of nitrogens with zero attached hydrogens (tertiary/aromatic N) is 1. The summed E-state index contributed by atoms with van der Waals surface area (Å²) in [7, 11) is 0. The van der Waals surface area contributed by atoms with Crippen LogP contribution in [0.1, 0.15) is 30.1 Å². The van der Waals surface area contributed by atoms with Crippen molar-refractivity contribution in [3.8, 4) is 0 Å². The second-order valence-corrected chi connectivity index (χ2v) is 6.50. The molecule has 1 amide bonds. The fraction of sp³-hybridized carbons (Fsp3) is 0.429. The number of rotatable bonds is 4. The lowest BCUT2D eigenvalue weighted by Crippen LogP contribution is -2.45. The number of carbonyl (C=O) groups excluding carboxylic acids is 1. The molecule has 2 unspecified atom stereocenters. The van der Waals surface area contributed by atoms with Crippen LogP contribution in [0, 0.1) is 0 Å². The van der Waals surface area contributed by atoms with Crippen LogP contribution in [-0.4, -0.2) is 39.1 Å². The average Bonchev–Trinajstić information content (AvgIpc) is 2.85. The van der Waals surface area contributed by atoms with Crippen LogP contribution in [0.4, 0.5) is 5.69 Å². The minimum Gasteiger partial charge on any atom is -0.480 e. The first-order valence-electron chi connectivity index (χ1n) is 6.67. The standard InChI is InChI=1S/C14H17ClN2O3S/c1-2-3-12-17(11(7-21-12)14(19)20)13(18)8-4-5-9(15)10(16)6-8/h4-6,11-12H,2-3,7,16H2,1H3,(H,19,20). The van der Waals surface area contributed by atoms with Crippen LogP contribution in [0.25, 0.3) is 0 Å². The molecule has 0 saturated carbocycles. The smallest absolute Gasteiger partial charge is 0.327 e. The summed E-state index contributed by atoms with van der Waals surface area (Å²) in [4.78, 5) is 25.5. The number of carboxylic acid groups (broad SMARTS) is 1. The molecule has 2 rings (SSSR count). The summed E-state index contributed by atoms with van der Waals surface area (Å²) in [5.74, 6) is -0.875. The molecule has 2 atom stereocenters. The van der Waals surface area contributed by atoms with Crippen molar-refractivity contribution in [2.45, 2.75) is 31.2 Å². The molecule has 1 heterocycles. The summed E-state index contributed by atoms with van der Waals surface area (Å²) in [6.45, 7) is 2.01. The number of carbonyl (C=O) groups is 2. The largest absolute Gasteiger partial charge is 0.480 e. The lowest BCUT2D eigenvalue weighted by atomic mass is 10.1. The molecule has 1 aromatic rings. The normalized spacial score (nSPS) is 21.5. The Balaban J connectivity index is 2.31. The monoisotopic (exact) mass is 328 g/mol. The Morgan fingerprint density at radius 2 is 2.24 bits per heavy atom. The van der Waals surface area contributed by atoms with Crippen LogP contribution >= 0.6 is 23.4 Å². The van der Waals surface area contributed by atoms with Gasteiger partial charge in [0.1, 0.15) is 6.04 Å². The fourth-order valence-corrected chi connectivity index (χ4v) is 3.95. The third-order valence-corrected chi connectivity index (χ3v) is 5.09. The van der Waals surface area contributed by atoms with Crippen molar-refractivity contribution < 1.29 is 14.7 Å². The predicted molar refractivity (Wildman–Crippen MR) is 84.6 cm³/mol. The van der Waals surface area contributed by atoms with E-state index in [-0.39, 0.29) is 11.3 Å². The maximum atomic E-state index is 12.7. The van der Waals surface area contributed by atoms with Crippen molar-refractivity contribution in [3.05, 3.63) is 28.8 Å². The van der Waals surface area contributed by atoms with E-state index in [9.17, 15) is 14.7 Å². The number of anilines is 1. The van der Waals surface area contributed by atoms with Crippen molar-refractivity contribution in [2.24, 2.45) is 0 Å². The molecule has 0 aliphatic carbocycles. The van der Waals surface area contributed by atoms with E-state index in [0.29, 0.717) is 22.0 Å². The van der Waals surface area contributed by atoms with Gasteiger partial charge in [0, 0.05) is 11.3 Å². The van der Waals surface area contributed by atoms with Crippen molar-refractivity contribution >= 4 is 40.9 Å². The highest BCUT2D eigenvalue weighted by atomic mass is 35.5. The van der Waals surface area contributed by atoms with Gasteiger partial charge in [-0.2, -0.15) is 0 Å². The molecule has 0 aromatic heterocycles. The average molecular weight is 329 g/mol. The number of thioether (sulfide) groups is 1. The van der Waals surface area contributed by atoms with E-state index >= 15 is 0 Å². The van der Waals surface area contributed by atoms with E-state index in [2.05, 4.69) is 0 Å². The molecular formula is C14H17ClN2O3S. The van der Waals surface area contributed by atoms with Crippen LogP contribution < -0.4 is 5.73 Å². The summed E-state index contributed by atoms with van der Waals surface area (Å²) in [5, 5.41) is 9.58. The number of hydrogen-bond acceptors (Lipinski definition) is 4. The second-order valence-electron chi connectivity index (χ2n) is 4.88. The van der Waals surface area contributed by atoms with Crippen molar-refractivity contribution in [3.63, 3.8) is 0 Å². The maximum absolute atomic E-state index is 12.7. The Hall–Kier alpha value is -1.40. The van der Waals surface area contributed by atoms with Gasteiger partial charge in [0.2, 0.25) is 0 Å². The SMILES string of the molecule is CCCC1SCC(C(=O)O)N1C(=O)c1ccc(Cl)c(N)c1. The van der Waals surface area contributed by atoms with Gasteiger partial charge in [0.25, 0.3) is 5.91 Å². The first kappa shape index (κ1) is 16.0. The Morgan fingerprint density at radius 3 is 2.81 bits per heavy atom. The molecular weight excluding hydrogens is 312 g/mol. The maximum Gasteiger partial charge on any atom is 0.327 e. The van der Waals surface area contributed by atoms with Gasteiger partial charge in [-0.05, 0) is 24.6 Å². The Morgan fingerprint density at radius 1 is 1.52 bits per heavy atom. The summed E-state index contributed by atoms with van der Waals surface area (Å²) in [6.07, 6.45) is 1.65. The van der Waals surface area contributed by atoms with Crippen molar-refractivity contribution in [1.82, 2.24) is 4.90 Å². The molecule has 1 fully saturated rings. The fourth-order valence-electron chi connectivity index (χ4n) is 2.32. The zero-order valence-corrected chi connectivity index (χ0v) is 13.2. The van der Waals surface area contributed by atoms with Crippen molar-refractivity contribution in [1.29, 1.82) is 0 Å². The highest BCUT2D eigenvalue weighted by molar-refractivity contribution is 8.00. The number of nitrogens with two attached hydrogens (primary N) is 1. The molecule has 3 N–H and O–H groups in total. The molecule has 1 saturated heterocycles. The number of nitrogen functional groups attached to an aromatic ring is 1. The first-order chi connectivity index (χ1) is 9.95. The highest BCUT2D eigenvalue weighted by Crippen LogP contribution is 2.34. The third kappa shape index (κ3) is 3.27. The molecule has 0 spiro atoms. The molecule has 7 heteroatoms. The van der Waals surface area contributed by atoms with Crippen LogP contribution in [0.2, 0.25) is 5.02 Å². The minimum atomic E-state index is -0.976. The highest BCUT2D eigenvalue weighted by Gasteiger charge is 2.41. The Kier molecular flexibility index (Phi) is 5.00. The van der Waals surface area contributed by atoms with Crippen molar-refractivity contribution in [2.75, 3.05) is 11.5 Å². The number of carboxylic acids is 1. The third-order valence-electron chi connectivity index (χ3n) is 3.39. The van der Waals surface area contributed by atoms with Crippen LogP contribution in [0.15, 0.2) is 18.2 Å². The van der Waals surface area contributed by atoms with Gasteiger partial charge in [-0.1, -0.05) is 24.9 Å². The van der Waals surface area contributed by atoms with Gasteiger partial charge < -0.3 is 15.7 Å². The molecule has 1 aromatic carbocycles. The zero-order valence-electron chi connectivity index (χ0n) is 11.6. The quantitative estimate of drug-likeness (QED) is 0.830. The van der Waals surface area contributed by atoms with E-state index in [1.165, 1.54) is 22.7 Å². The summed E-state index contributed by atoms with van der Waals surface area (Å²) in [6, 6.07) is 3.83. The lowest BCUT2D eigenvalue weighted by Gasteiger charge is -2.27. The topological polar surface area (TPSA) is 83.6 Å². The molecule has 21 heavy (non-hydrogen) atoms. The van der Waals surface area contributed by atoms with Gasteiger partial charge in [0.15, 0.2) is 0 Å². The predicted octanol–water partition coefficient (Wildman–Crippen LogP) is 2.69. The number of amides is 1. The van der Waals surface area contributed by atoms with Gasteiger partial charge in [-0.25, -0.2) is 4.79 Å². The number of benzene rings is 1. The Bertz CT molecular complexity index is 567. The van der Waals surface area contributed by atoms with E-state index in [0.717, 1.165) is 12.8 Å². The van der Waals surface area contributed by atoms with Gasteiger partial charge in [-0.3, -0.25) is 4.79 Å². The van der Waals surface area contributed by atoms with Gasteiger partial charge in [0.05, 0.1) is 16.1 Å². The summed E-state index contributed by atoms with van der Waals surface area (Å²) in [5.41, 5.74) is 6.40. The first-order valence-corrected chi connectivity index (χ1v) is 8.10. The summed E-state index contributed by atoms with van der Waals surface area (Å²) >= 11 is 7.36. The van der Waals surface area contributed by atoms with E-state index < -0.39 is 12.0 Å². The van der Waals surface area contributed by atoms with Crippen LogP contribution in [-0.2, 0) is 4.79 Å². The Labute approximate surface area is 132 Å². The van der Waals surface area contributed by atoms with Crippen LogP contribution in [0.5, 0.6) is 0 Å². The number of hydrogen-bond donors (Lipinski definition) is 2. The molecule has 1 aliphatic heterocycles. The zero-order chi connectivity index (χ0) is 15.6. The van der Waals surface area contributed by atoms with E-state index in [4.69, 9.17) is 17.3 Å². The molecule has 114 valence electrons. The molecule has 1 aliphatic rings. The minimum absolute atomic E-state index is 0.111. The second kappa shape index (κ2) is 6.58. The summed E-state index contributed by atoms with van der Waals surface area (Å²) < 4.78 is 0. The van der Waals surface area contributed by atoms with Gasteiger partial charge >= 0.3 is 5.97 Å². The van der Waals surface area contributed by atoms with Gasteiger partial charge in [-0.15, -0.1) is 11.8 Å². The lowest BCUT2D eigenvalue weighted by molar-refractivity contribution is -0.141. The number of aliphatic carboxylic acids is 1. The van der Waals surface area contributed by atoms with E-state index in [1.807, 2.05) is 6.92 Å². The molecule has 0 radical (unpaired) electrons.